The number of rotatable bonds is 9. The summed E-state index contributed by atoms with van der Waals surface area (Å²) < 4.78 is 28.1. The molecular formula is C30H32F2N4O5. The fraction of sp³-hybridized carbons (Fsp3) is 0.300. The number of aromatic hydroxyl groups is 1. The topological polar surface area (TPSA) is 145 Å². The average Bonchev–Trinajstić information content (AvgIpc) is 3.35. The summed E-state index contributed by atoms with van der Waals surface area (Å²) in [5.74, 6) is -3.84. The van der Waals surface area contributed by atoms with Gasteiger partial charge in [-0.1, -0.05) is 42.5 Å². The molecule has 1 aliphatic rings. The Hall–Kier alpha value is -4.35. The van der Waals surface area contributed by atoms with Crippen molar-refractivity contribution in [1.82, 2.24) is 15.5 Å². The van der Waals surface area contributed by atoms with Crippen LogP contribution >= 0.6 is 0 Å². The maximum atomic E-state index is 14.0. The first-order chi connectivity index (χ1) is 19.6. The van der Waals surface area contributed by atoms with Crippen LogP contribution in [-0.2, 0) is 22.6 Å². The van der Waals surface area contributed by atoms with Crippen molar-refractivity contribution in [2.75, 3.05) is 6.54 Å². The molecule has 41 heavy (non-hydrogen) atoms. The molecule has 4 atom stereocenters. The lowest BCUT2D eigenvalue weighted by molar-refractivity contribution is -0.146. The molecule has 3 amide bonds. The van der Waals surface area contributed by atoms with E-state index in [0.29, 0.717) is 5.56 Å². The van der Waals surface area contributed by atoms with Gasteiger partial charge in [0.1, 0.15) is 23.4 Å². The number of amides is 3. The standard InChI is InChI=1S/C30H32F2N4O5/c1-17-20(9-5-12-26(17)37)28(39)35-24(13-18-7-3-2-4-8-18)27(38)30(41)36-16-19(33)14-25(36)29(40)34-15-21-22(31)10-6-11-23(21)32/h2-12,19,24-25,27,37-38H,13-16,33H2,1H3,(H,34,40)(H,35,39)/t19-,24+,25+,27+/m1/s1. The molecule has 0 radical (unpaired) electrons. The summed E-state index contributed by atoms with van der Waals surface area (Å²) in [6.07, 6.45) is -1.61. The number of carbonyl (C=O) groups excluding carboxylic acids is 3. The maximum Gasteiger partial charge on any atom is 0.254 e. The lowest BCUT2D eigenvalue weighted by atomic mass is 9.98. The molecule has 3 aromatic rings. The first-order valence-electron chi connectivity index (χ1n) is 13.1. The molecule has 0 bridgehead atoms. The van der Waals surface area contributed by atoms with Crippen LogP contribution in [0.5, 0.6) is 5.75 Å². The number of hydrogen-bond acceptors (Lipinski definition) is 6. The molecule has 0 aliphatic carbocycles. The minimum Gasteiger partial charge on any atom is -0.508 e. The van der Waals surface area contributed by atoms with Crippen LogP contribution in [0.25, 0.3) is 0 Å². The van der Waals surface area contributed by atoms with E-state index in [1.807, 2.05) is 0 Å². The summed E-state index contributed by atoms with van der Waals surface area (Å²) in [6.45, 7) is 1.09. The van der Waals surface area contributed by atoms with Crippen LogP contribution < -0.4 is 16.4 Å². The molecule has 3 aromatic carbocycles. The van der Waals surface area contributed by atoms with Crippen molar-refractivity contribution < 1.29 is 33.4 Å². The highest BCUT2D eigenvalue weighted by Gasteiger charge is 2.42. The molecule has 9 nitrogen and oxygen atoms in total. The molecule has 1 heterocycles. The average molecular weight is 567 g/mol. The van der Waals surface area contributed by atoms with Gasteiger partial charge in [0.15, 0.2) is 6.10 Å². The molecule has 0 saturated carbocycles. The van der Waals surface area contributed by atoms with E-state index >= 15 is 0 Å². The lowest BCUT2D eigenvalue weighted by Gasteiger charge is -2.30. The zero-order valence-corrected chi connectivity index (χ0v) is 22.4. The quantitative estimate of drug-likeness (QED) is 0.268. The second-order valence-corrected chi connectivity index (χ2v) is 10.1. The van der Waals surface area contributed by atoms with E-state index in [2.05, 4.69) is 10.6 Å². The Morgan fingerprint density at radius 3 is 2.37 bits per heavy atom. The van der Waals surface area contributed by atoms with Crippen molar-refractivity contribution in [3.63, 3.8) is 0 Å². The smallest absolute Gasteiger partial charge is 0.254 e. The van der Waals surface area contributed by atoms with E-state index in [1.54, 1.807) is 37.3 Å². The predicted molar refractivity (Wildman–Crippen MR) is 147 cm³/mol. The highest BCUT2D eigenvalue weighted by atomic mass is 19.1. The van der Waals surface area contributed by atoms with Crippen LogP contribution in [-0.4, -0.2) is 63.6 Å². The number of phenols is 1. The van der Waals surface area contributed by atoms with Gasteiger partial charge in [0, 0.05) is 35.8 Å². The van der Waals surface area contributed by atoms with E-state index < -0.39 is 60.1 Å². The Balaban J connectivity index is 1.53. The van der Waals surface area contributed by atoms with Gasteiger partial charge in [-0.2, -0.15) is 0 Å². The SMILES string of the molecule is Cc1c(O)cccc1C(=O)N[C@@H](Cc1ccccc1)[C@H](O)C(=O)N1C[C@H](N)C[C@H]1C(=O)NCc1c(F)cccc1F. The van der Waals surface area contributed by atoms with Crippen LogP contribution in [0.3, 0.4) is 0 Å². The molecule has 4 rings (SSSR count). The number of nitrogens with two attached hydrogens (primary N) is 1. The Morgan fingerprint density at radius 1 is 1.02 bits per heavy atom. The number of phenolic OH excluding ortho intramolecular Hbond substituents is 1. The molecule has 6 N–H and O–H groups in total. The fourth-order valence-electron chi connectivity index (χ4n) is 4.92. The van der Waals surface area contributed by atoms with Crippen LogP contribution in [0.1, 0.15) is 33.5 Å². The van der Waals surface area contributed by atoms with Crippen molar-refractivity contribution in [2.24, 2.45) is 5.73 Å². The predicted octanol–water partition coefficient (Wildman–Crippen LogP) is 1.93. The second-order valence-electron chi connectivity index (χ2n) is 10.1. The van der Waals surface area contributed by atoms with Gasteiger partial charge in [0.25, 0.3) is 11.8 Å². The molecule has 11 heteroatoms. The van der Waals surface area contributed by atoms with Crippen molar-refractivity contribution in [3.8, 4) is 5.75 Å². The number of nitrogens with zero attached hydrogens (tertiary/aromatic N) is 1. The molecule has 1 fully saturated rings. The van der Waals surface area contributed by atoms with Gasteiger partial charge >= 0.3 is 0 Å². The second kappa shape index (κ2) is 12.9. The fourth-order valence-corrected chi connectivity index (χ4v) is 4.92. The molecule has 1 aliphatic heterocycles. The third-order valence-electron chi connectivity index (χ3n) is 7.22. The van der Waals surface area contributed by atoms with E-state index in [4.69, 9.17) is 5.73 Å². The summed E-state index contributed by atoms with van der Waals surface area (Å²) in [5.41, 5.74) is 6.97. The Morgan fingerprint density at radius 2 is 1.68 bits per heavy atom. The molecular weight excluding hydrogens is 534 g/mol. The number of aliphatic hydroxyl groups excluding tert-OH is 1. The number of aliphatic hydroxyl groups is 1. The van der Waals surface area contributed by atoms with E-state index in [-0.39, 0.29) is 36.3 Å². The Kier molecular flexibility index (Phi) is 9.31. The normalized spacial score (nSPS) is 18.0. The van der Waals surface area contributed by atoms with Crippen molar-refractivity contribution in [2.45, 2.75) is 50.5 Å². The van der Waals surface area contributed by atoms with Gasteiger partial charge < -0.3 is 31.5 Å². The first-order valence-corrected chi connectivity index (χ1v) is 13.1. The third kappa shape index (κ3) is 6.87. The third-order valence-corrected chi connectivity index (χ3v) is 7.22. The summed E-state index contributed by atoms with van der Waals surface area (Å²) in [7, 11) is 0. The molecule has 1 saturated heterocycles. The van der Waals surface area contributed by atoms with E-state index in [9.17, 15) is 33.4 Å². The van der Waals surface area contributed by atoms with Gasteiger partial charge in [-0.05, 0) is 49.6 Å². The largest absolute Gasteiger partial charge is 0.508 e. The van der Waals surface area contributed by atoms with Gasteiger partial charge in [-0.15, -0.1) is 0 Å². The monoisotopic (exact) mass is 566 g/mol. The highest BCUT2D eigenvalue weighted by molar-refractivity contribution is 5.97. The van der Waals surface area contributed by atoms with E-state index in [1.165, 1.54) is 24.3 Å². The first kappa shape index (κ1) is 29.6. The van der Waals surface area contributed by atoms with Crippen LogP contribution in [0.15, 0.2) is 66.7 Å². The van der Waals surface area contributed by atoms with Gasteiger partial charge in [-0.3, -0.25) is 14.4 Å². The zero-order valence-electron chi connectivity index (χ0n) is 22.4. The van der Waals surface area contributed by atoms with E-state index in [0.717, 1.165) is 22.6 Å². The van der Waals surface area contributed by atoms with Gasteiger partial charge in [0.2, 0.25) is 5.91 Å². The van der Waals surface area contributed by atoms with Crippen molar-refractivity contribution in [3.05, 3.63) is 101 Å². The molecule has 0 unspecified atom stereocenters. The summed E-state index contributed by atoms with van der Waals surface area (Å²) in [5, 5.41) is 26.5. The maximum absolute atomic E-state index is 14.0. The Bertz CT molecular complexity index is 1400. The number of nitrogens with one attached hydrogen (secondary N) is 2. The highest BCUT2D eigenvalue weighted by Crippen LogP contribution is 2.22. The molecule has 0 spiro atoms. The van der Waals surface area contributed by atoms with Gasteiger partial charge in [-0.25, -0.2) is 8.78 Å². The van der Waals surface area contributed by atoms with Crippen molar-refractivity contribution in [1.29, 1.82) is 0 Å². The Labute approximate surface area is 236 Å². The molecule has 216 valence electrons. The number of halogens is 2. The van der Waals surface area contributed by atoms with Crippen LogP contribution in [0.2, 0.25) is 0 Å². The summed E-state index contributed by atoms with van der Waals surface area (Å²) in [4.78, 5) is 40.9. The number of carbonyl (C=O) groups is 3. The summed E-state index contributed by atoms with van der Waals surface area (Å²) in [6, 6.07) is 13.9. The number of likely N-dealkylation sites (tertiary alicyclic amines) is 1. The van der Waals surface area contributed by atoms with Crippen LogP contribution in [0, 0.1) is 18.6 Å². The van der Waals surface area contributed by atoms with Crippen LogP contribution in [0.4, 0.5) is 8.78 Å². The molecule has 0 aromatic heterocycles. The number of hydrogen-bond donors (Lipinski definition) is 5. The van der Waals surface area contributed by atoms with Crippen molar-refractivity contribution >= 4 is 17.7 Å². The minimum absolute atomic E-state index is 0.0420. The minimum atomic E-state index is -1.76. The lowest BCUT2D eigenvalue weighted by Crippen LogP contribution is -2.56. The zero-order chi connectivity index (χ0) is 29.7. The summed E-state index contributed by atoms with van der Waals surface area (Å²) >= 11 is 0. The number of benzene rings is 3. The van der Waals surface area contributed by atoms with Gasteiger partial charge in [0.05, 0.1) is 6.04 Å².